The molecular weight excluding hydrogens is 196 g/mol. The van der Waals surface area contributed by atoms with E-state index in [-0.39, 0.29) is 0 Å². The fraction of sp³-hybridized carbons (Fsp3) is 1.00. The monoisotopic (exact) mass is 226 g/mol. The highest BCUT2D eigenvalue weighted by molar-refractivity contribution is 4.76. The van der Waals surface area contributed by atoms with Gasteiger partial charge in [-0.3, -0.25) is 0 Å². The number of rotatable bonds is 7. The van der Waals surface area contributed by atoms with Crippen LogP contribution in [-0.2, 0) is 0 Å². The molecule has 16 heavy (non-hydrogen) atoms. The lowest BCUT2D eigenvalue weighted by Gasteiger charge is -2.34. The summed E-state index contributed by atoms with van der Waals surface area (Å²) in [7, 11) is 0. The van der Waals surface area contributed by atoms with Crippen molar-refractivity contribution in [2.75, 3.05) is 32.7 Å². The molecule has 1 aliphatic heterocycles. The predicted molar refractivity (Wildman–Crippen MR) is 71.8 cm³/mol. The summed E-state index contributed by atoms with van der Waals surface area (Å²) in [6.45, 7) is 13.2. The Morgan fingerprint density at radius 3 is 2.62 bits per heavy atom. The maximum absolute atomic E-state index is 3.49. The van der Waals surface area contributed by atoms with Crippen LogP contribution in [0.2, 0.25) is 0 Å². The molecule has 0 radical (unpaired) electrons. The second-order valence-electron chi connectivity index (χ2n) is 5.26. The summed E-state index contributed by atoms with van der Waals surface area (Å²) in [4.78, 5) is 2.70. The third kappa shape index (κ3) is 4.84. The van der Waals surface area contributed by atoms with E-state index in [1.54, 1.807) is 0 Å². The summed E-state index contributed by atoms with van der Waals surface area (Å²) in [6, 6.07) is 0. The number of nitrogens with zero attached hydrogens (tertiary/aromatic N) is 1. The third-order valence-corrected chi connectivity index (χ3v) is 3.96. The number of piperidine rings is 1. The third-order valence-electron chi connectivity index (χ3n) is 3.96. The first kappa shape index (κ1) is 14.0. The molecule has 1 fully saturated rings. The van der Waals surface area contributed by atoms with E-state index >= 15 is 0 Å². The highest BCUT2D eigenvalue weighted by atomic mass is 15.1. The van der Waals surface area contributed by atoms with Crippen LogP contribution in [0.15, 0.2) is 0 Å². The molecular formula is C14H30N2. The van der Waals surface area contributed by atoms with E-state index in [1.807, 2.05) is 0 Å². The standard InChI is InChI=1S/C14H30N2/c1-4-13(5-2)11-16-9-7-8-14(12-16)10-15-6-3/h13-15H,4-12H2,1-3H3. The molecule has 0 spiro atoms. The first-order valence-corrected chi connectivity index (χ1v) is 7.23. The van der Waals surface area contributed by atoms with E-state index in [2.05, 4.69) is 31.0 Å². The Labute approximate surface area is 102 Å². The first-order chi connectivity index (χ1) is 7.80. The van der Waals surface area contributed by atoms with Crippen molar-refractivity contribution in [1.29, 1.82) is 0 Å². The molecule has 1 N–H and O–H groups in total. The van der Waals surface area contributed by atoms with Crippen molar-refractivity contribution in [3.05, 3.63) is 0 Å². The van der Waals surface area contributed by atoms with Crippen molar-refractivity contribution in [2.45, 2.75) is 46.5 Å². The SMILES string of the molecule is CCNCC1CCCN(CC(CC)CC)C1. The zero-order chi connectivity index (χ0) is 11.8. The fourth-order valence-corrected chi connectivity index (χ4v) is 2.74. The van der Waals surface area contributed by atoms with Gasteiger partial charge >= 0.3 is 0 Å². The van der Waals surface area contributed by atoms with Gasteiger partial charge in [-0.1, -0.05) is 33.6 Å². The average Bonchev–Trinajstić information content (AvgIpc) is 2.34. The van der Waals surface area contributed by atoms with Crippen LogP contribution in [0.3, 0.4) is 0 Å². The van der Waals surface area contributed by atoms with Gasteiger partial charge in [0.2, 0.25) is 0 Å². The Kier molecular flexibility index (Phi) is 7.06. The molecule has 0 aromatic rings. The van der Waals surface area contributed by atoms with Gasteiger partial charge in [0.25, 0.3) is 0 Å². The zero-order valence-electron chi connectivity index (χ0n) is 11.5. The van der Waals surface area contributed by atoms with Crippen LogP contribution in [0.25, 0.3) is 0 Å². The summed E-state index contributed by atoms with van der Waals surface area (Å²) >= 11 is 0. The van der Waals surface area contributed by atoms with Gasteiger partial charge in [0.1, 0.15) is 0 Å². The number of nitrogens with one attached hydrogen (secondary N) is 1. The van der Waals surface area contributed by atoms with Gasteiger partial charge < -0.3 is 10.2 Å². The minimum Gasteiger partial charge on any atom is -0.317 e. The number of hydrogen-bond acceptors (Lipinski definition) is 2. The Morgan fingerprint density at radius 1 is 1.25 bits per heavy atom. The Balaban J connectivity index is 2.26. The van der Waals surface area contributed by atoms with Crippen LogP contribution in [0.4, 0.5) is 0 Å². The Hall–Kier alpha value is -0.0800. The number of likely N-dealkylation sites (tertiary alicyclic amines) is 1. The van der Waals surface area contributed by atoms with Crippen LogP contribution in [-0.4, -0.2) is 37.6 Å². The highest BCUT2D eigenvalue weighted by Crippen LogP contribution is 2.18. The van der Waals surface area contributed by atoms with Gasteiger partial charge in [-0.2, -0.15) is 0 Å². The van der Waals surface area contributed by atoms with Crippen LogP contribution >= 0.6 is 0 Å². The molecule has 96 valence electrons. The molecule has 1 aliphatic rings. The summed E-state index contributed by atoms with van der Waals surface area (Å²) in [5.41, 5.74) is 0. The quantitative estimate of drug-likeness (QED) is 0.718. The summed E-state index contributed by atoms with van der Waals surface area (Å²) in [5.74, 6) is 1.81. The van der Waals surface area contributed by atoms with E-state index < -0.39 is 0 Å². The number of hydrogen-bond donors (Lipinski definition) is 1. The fourth-order valence-electron chi connectivity index (χ4n) is 2.74. The minimum atomic E-state index is 0.892. The second-order valence-corrected chi connectivity index (χ2v) is 5.26. The normalized spacial score (nSPS) is 22.9. The van der Waals surface area contributed by atoms with Crippen molar-refractivity contribution in [3.63, 3.8) is 0 Å². The maximum Gasteiger partial charge on any atom is 0.00219 e. The van der Waals surface area contributed by atoms with Crippen molar-refractivity contribution < 1.29 is 0 Å². The lowest BCUT2D eigenvalue weighted by atomic mass is 9.95. The molecule has 0 saturated carbocycles. The molecule has 1 atom stereocenters. The van der Waals surface area contributed by atoms with E-state index in [4.69, 9.17) is 0 Å². The van der Waals surface area contributed by atoms with Crippen LogP contribution < -0.4 is 5.32 Å². The molecule has 1 rings (SSSR count). The Morgan fingerprint density at radius 2 is 2.00 bits per heavy atom. The van der Waals surface area contributed by atoms with Crippen molar-refractivity contribution in [3.8, 4) is 0 Å². The molecule has 0 bridgehead atoms. The van der Waals surface area contributed by atoms with Crippen LogP contribution in [0, 0.1) is 11.8 Å². The molecule has 1 heterocycles. The predicted octanol–water partition coefficient (Wildman–Crippen LogP) is 2.74. The van der Waals surface area contributed by atoms with Gasteiger partial charge in [-0.05, 0) is 44.3 Å². The second kappa shape index (κ2) is 8.08. The summed E-state index contributed by atoms with van der Waals surface area (Å²) in [6.07, 6.45) is 5.50. The molecule has 1 saturated heterocycles. The van der Waals surface area contributed by atoms with Gasteiger partial charge in [-0.15, -0.1) is 0 Å². The topological polar surface area (TPSA) is 15.3 Å². The highest BCUT2D eigenvalue weighted by Gasteiger charge is 2.20. The summed E-state index contributed by atoms with van der Waals surface area (Å²) in [5, 5.41) is 3.49. The van der Waals surface area contributed by atoms with Crippen molar-refractivity contribution in [1.82, 2.24) is 10.2 Å². The van der Waals surface area contributed by atoms with Crippen molar-refractivity contribution >= 4 is 0 Å². The molecule has 0 amide bonds. The molecule has 2 heteroatoms. The average molecular weight is 226 g/mol. The largest absolute Gasteiger partial charge is 0.317 e. The zero-order valence-corrected chi connectivity index (χ0v) is 11.5. The Bertz CT molecular complexity index is 166. The van der Waals surface area contributed by atoms with Crippen molar-refractivity contribution in [2.24, 2.45) is 11.8 Å². The van der Waals surface area contributed by atoms with Crippen LogP contribution in [0.5, 0.6) is 0 Å². The molecule has 0 aromatic carbocycles. The first-order valence-electron chi connectivity index (χ1n) is 7.23. The van der Waals surface area contributed by atoms with Gasteiger partial charge in [0.05, 0.1) is 0 Å². The molecule has 2 nitrogen and oxygen atoms in total. The van der Waals surface area contributed by atoms with E-state index in [0.29, 0.717) is 0 Å². The van der Waals surface area contributed by atoms with Gasteiger partial charge in [0, 0.05) is 13.1 Å². The lowest BCUT2D eigenvalue weighted by molar-refractivity contribution is 0.147. The molecule has 0 aliphatic carbocycles. The lowest BCUT2D eigenvalue weighted by Crippen LogP contribution is -2.41. The minimum absolute atomic E-state index is 0.892. The molecule has 1 unspecified atom stereocenters. The smallest absolute Gasteiger partial charge is 0.00219 e. The van der Waals surface area contributed by atoms with E-state index in [0.717, 1.165) is 18.4 Å². The summed E-state index contributed by atoms with van der Waals surface area (Å²) < 4.78 is 0. The van der Waals surface area contributed by atoms with Gasteiger partial charge in [-0.25, -0.2) is 0 Å². The van der Waals surface area contributed by atoms with E-state index in [1.165, 1.54) is 51.9 Å². The van der Waals surface area contributed by atoms with Crippen LogP contribution in [0.1, 0.15) is 46.5 Å². The van der Waals surface area contributed by atoms with Gasteiger partial charge in [0.15, 0.2) is 0 Å². The molecule has 0 aromatic heterocycles. The van der Waals surface area contributed by atoms with E-state index in [9.17, 15) is 0 Å². The maximum atomic E-state index is 3.49.